The van der Waals surface area contributed by atoms with E-state index in [1.165, 1.54) is 0 Å². The molecule has 0 aromatic carbocycles. The molecule has 0 aliphatic carbocycles. The first-order valence-electron chi connectivity index (χ1n) is 5.05. The molecular formula is C9H19N3O2. The number of hydrogen-bond donors (Lipinski definition) is 3. The summed E-state index contributed by atoms with van der Waals surface area (Å²) in [7, 11) is 0. The molecule has 1 rings (SSSR count). The predicted molar refractivity (Wildman–Crippen MR) is 54.0 cm³/mol. The van der Waals surface area contributed by atoms with Crippen molar-refractivity contribution in [1.82, 2.24) is 10.6 Å². The Morgan fingerprint density at radius 3 is 2.71 bits per heavy atom. The van der Waals surface area contributed by atoms with Gasteiger partial charge in [-0.15, -0.1) is 0 Å². The van der Waals surface area contributed by atoms with Crippen LogP contribution in [0.5, 0.6) is 0 Å². The molecule has 1 heterocycles. The summed E-state index contributed by atoms with van der Waals surface area (Å²) < 4.78 is 4.97. The summed E-state index contributed by atoms with van der Waals surface area (Å²) in [6.07, 6.45) is 2.08. The molecule has 0 atom stereocenters. The van der Waals surface area contributed by atoms with E-state index in [2.05, 4.69) is 17.6 Å². The van der Waals surface area contributed by atoms with Gasteiger partial charge in [0.05, 0.1) is 18.8 Å². The van der Waals surface area contributed by atoms with E-state index in [-0.39, 0.29) is 11.6 Å². The Balaban J connectivity index is 2.03. The van der Waals surface area contributed by atoms with Gasteiger partial charge in [-0.2, -0.15) is 0 Å². The second kappa shape index (κ2) is 5.17. The van der Waals surface area contributed by atoms with Crippen molar-refractivity contribution >= 4 is 6.03 Å². The number of amides is 2. The SMILES string of the molecule is CCCCNC(=O)NCC1(N)COC1. The molecule has 1 fully saturated rings. The van der Waals surface area contributed by atoms with E-state index < -0.39 is 0 Å². The second-order valence-electron chi connectivity index (χ2n) is 3.82. The van der Waals surface area contributed by atoms with Gasteiger partial charge in [-0.25, -0.2) is 4.79 Å². The first-order valence-corrected chi connectivity index (χ1v) is 5.05. The minimum Gasteiger partial charge on any atom is -0.377 e. The number of carbonyl (C=O) groups is 1. The summed E-state index contributed by atoms with van der Waals surface area (Å²) in [4.78, 5) is 11.2. The normalized spacial score (nSPS) is 18.4. The third-order valence-electron chi connectivity index (χ3n) is 2.20. The van der Waals surface area contributed by atoms with Gasteiger partial charge in [0.25, 0.3) is 0 Å². The van der Waals surface area contributed by atoms with E-state index in [4.69, 9.17) is 10.5 Å². The van der Waals surface area contributed by atoms with Crippen LogP contribution in [0.25, 0.3) is 0 Å². The Bertz CT molecular complexity index is 192. The lowest BCUT2D eigenvalue weighted by atomic mass is 10.00. The fourth-order valence-corrected chi connectivity index (χ4v) is 1.16. The summed E-state index contributed by atoms with van der Waals surface area (Å²) >= 11 is 0. The number of nitrogens with two attached hydrogens (primary N) is 1. The van der Waals surface area contributed by atoms with Crippen molar-refractivity contribution in [2.24, 2.45) is 5.73 Å². The monoisotopic (exact) mass is 201 g/mol. The number of ether oxygens (including phenoxy) is 1. The average Bonchev–Trinajstić information content (AvgIpc) is 2.12. The van der Waals surface area contributed by atoms with Gasteiger partial charge >= 0.3 is 6.03 Å². The second-order valence-corrected chi connectivity index (χ2v) is 3.82. The van der Waals surface area contributed by atoms with Crippen molar-refractivity contribution in [3.63, 3.8) is 0 Å². The fraction of sp³-hybridized carbons (Fsp3) is 0.889. The number of nitrogens with one attached hydrogen (secondary N) is 2. The zero-order valence-electron chi connectivity index (χ0n) is 8.64. The molecule has 14 heavy (non-hydrogen) atoms. The highest BCUT2D eigenvalue weighted by atomic mass is 16.5. The first kappa shape index (κ1) is 11.3. The number of unbranched alkanes of at least 4 members (excludes halogenated alkanes) is 1. The Labute approximate surface area is 84.4 Å². The van der Waals surface area contributed by atoms with Gasteiger partial charge in [0.2, 0.25) is 0 Å². The average molecular weight is 201 g/mol. The summed E-state index contributed by atoms with van der Waals surface area (Å²) in [6.45, 7) is 4.34. The van der Waals surface area contributed by atoms with E-state index >= 15 is 0 Å². The molecule has 82 valence electrons. The molecule has 2 amide bonds. The molecule has 1 aliphatic heterocycles. The van der Waals surface area contributed by atoms with Gasteiger partial charge in [-0.1, -0.05) is 13.3 Å². The van der Waals surface area contributed by atoms with Crippen molar-refractivity contribution in [2.75, 3.05) is 26.3 Å². The zero-order valence-corrected chi connectivity index (χ0v) is 8.64. The number of urea groups is 1. The highest BCUT2D eigenvalue weighted by Crippen LogP contribution is 2.11. The lowest BCUT2D eigenvalue weighted by molar-refractivity contribution is -0.0508. The minimum atomic E-state index is -0.345. The van der Waals surface area contributed by atoms with Crippen LogP contribution < -0.4 is 16.4 Å². The highest BCUT2D eigenvalue weighted by molar-refractivity contribution is 5.73. The molecule has 4 N–H and O–H groups in total. The summed E-state index contributed by atoms with van der Waals surface area (Å²) in [5.41, 5.74) is 5.49. The maximum Gasteiger partial charge on any atom is 0.314 e. The molecule has 0 spiro atoms. The Morgan fingerprint density at radius 2 is 2.21 bits per heavy atom. The van der Waals surface area contributed by atoms with Crippen molar-refractivity contribution in [3.8, 4) is 0 Å². The van der Waals surface area contributed by atoms with Gasteiger partial charge in [-0.05, 0) is 6.42 Å². The van der Waals surface area contributed by atoms with E-state index in [0.717, 1.165) is 19.4 Å². The molecule has 0 aromatic rings. The molecule has 1 aliphatic rings. The van der Waals surface area contributed by atoms with Crippen LogP contribution in [0.1, 0.15) is 19.8 Å². The molecule has 1 saturated heterocycles. The minimum absolute atomic E-state index is 0.143. The van der Waals surface area contributed by atoms with E-state index in [0.29, 0.717) is 19.8 Å². The van der Waals surface area contributed by atoms with Crippen molar-refractivity contribution in [1.29, 1.82) is 0 Å². The Morgan fingerprint density at radius 1 is 1.50 bits per heavy atom. The number of carbonyl (C=O) groups excluding carboxylic acids is 1. The summed E-state index contributed by atoms with van der Waals surface area (Å²) in [5, 5.41) is 5.49. The molecule has 5 nitrogen and oxygen atoms in total. The van der Waals surface area contributed by atoms with E-state index in [1.54, 1.807) is 0 Å². The largest absolute Gasteiger partial charge is 0.377 e. The maximum absolute atomic E-state index is 11.2. The van der Waals surface area contributed by atoms with Crippen LogP contribution in [0.15, 0.2) is 0 Å². The van der Waals surface area contributed by atoms with E-state index in [1.807, 2.05) is 0 Å². The molecule has 0 aromatic heterocycles. The van der Waals surface area contributed by atoms with Crippen molar-refractivity contribution in [3.05, 3.63) is 0 Å². The lowest BCUT2D eigenvalue weighted by Crippen LogP contribution is -2.64. The molecular weight excluding hydrogens is 182 g/mol. The summed E-state index contributed by atoms with van der Waals surface area (Å²) in [6, 6.07) is -0.143. The highest BCUT2D eigenvalue weighted by Gasteiger charge is 2.34. The predicted octanol–water partition coefficient (Wildman–Crippen LogP) is -0.187. The maximum atomic E-state index is 11.2. The van der Waals surface area contributed by atoms with Crippen LogP contribution >= 0.6 is 0 Å². The Hall–Kier alpha value is -0.810. The van der Waals surface area contributed by atoms with E-state index in [9.17, 15) is 4.79 Å². The molecule has 5 heteroatoms. The Kier molecular flexibility index (Phi) is 4.16. The van der Waals surface area contributed by atoms with Crippen LogP contribution in [0.2, 0.25) is 0 Å². The van der Waals surface area contributed by atoms with Gasteiger partial charge in [0, 0.05) is 13.1 Å². The lowest BCUT2D eigenvalue weighted by Gasteiger charge is -2.37. The van der Waals surface area contributed by atoms with Crippen LogP contribution in [0.4, 0.5) is 4.79 Å². The smallest absolute Gasteiger partial charge is 0.314 e. The molecule has 0 radical (unpaired) electrons. The van der Waals surface area contributed by atoms with Gasteiger partial charge in [0.1, 0.15) is 0 Å². The third kappa shape index (κ3) is 3.51. The van der Waals surface area contributed by atoms with Crippen LogP contribution in [0, 0.1) is 0 Å². The zero-order chi connectivity index (χ0) is 10.4. The van der Waals surface area contributed by atoms with Crippen LogP contribution in [-0.4, -0.2) is 37.9 Å². The van der Waals surface area contributed by atoms with Gasteiger partial charge < -0.3 is 21.1 Å². The van der Waals surface area contributed by atoms with Crippen molar-refractivity contribution < 1.29 is 9.53 Å². The van der Waals surface area contributed by atoms with Gasteiger partial charge in [-0.3, -0.25) is 0 Å². The number of rotatable bonds is 5. The molecule has 0 bridgehead atoms. The standard InChI is InChI=1S/C9H19N3O2/c1-2-3-4-11-8(13)12-5-9(10)6-14-7-9/h2-7,10H2,1H3,(H2,11,12,13). The fourth-order valence-electron chi connectivity index (χ4n) is 1.16. The molecule has 0 saturated carbocycles. The molecule has 0 unspecified atom stereocenters. The van der Waals surface area contributed by atoms with Crippen molar-refractivity contribution in [2.45, 2.75) is 25.3 Å². The number of hydrogen-bond acceptors (Lipinski definition) is 3. The first-order chi connectivity index (χ1) is 6.66. The van der Waals surface area contributed by atoms with Gasteiger partial charge in [0.15, 0.2) is 0 Å². The quantitative estimate of drug-likeness (QED) is 0.540. The third-order valence-corrected chi connectivity index (χ3v) is 2.20. The summed E-state index contributed by atoms with van der Waals surface area (Å²) in [5.74, 6) is 0. The van der Waals surface area contributed by atoms with Crippen LogP contribution in [0.3, 0.4) is 0 Å². The topological polar surface area (TPSA) is 76.4 Å². The van der Waals surface area contributed by atoms with Crippen LogP contribution in [-0.2, 0) is 4.74 Å².